The third kappa shape index (κ3) is 7.24. The van der Waals surface area contributed by atoms with E-state index in [4.69, 9.17) is 15.0 Å². The molecule has 0 spiro atoms. The van der Waals surface area contributed by atoms with Gasteiger partial charge in [-0.25, -0.2) is 15.0 Å². The molecule has 3 nitrogen and oxygen atoms in total. The van der Waals surface area contributed by atoms with Gasteiger partial charge in [0, 0.05) is 36.9 Å². The van der Waals surface area contributed by atoms with Gasteiger partial charge in [-0.15, -0.1) is 11.3 Å². The highest BCUT2D eigenvalue weighted by Gasteiger charge is 2.19. The molecule has 0 saturated heterocycles. The summed E-state index contributed by atoms with van der Waals surface area (Å²) in [6.45, 7) is 0. The number of hydrogen-bond acceptors (Lipinski definition) is 4. The van der Waals surface area contributed by atoms with Gasteiger partial charge in [0.1, 0.15) is 0 Å². The molecule has 0 fully saturated rings. The topological polar surface area (TPSA) is 38.7 Å². The Morgan fingerprint density at radius 1 is 0.211 bits per heavy atom. The van der Waals surface area contributed by atoms with Gasteiger partial charge in [0.2, 0.25) is 0 Å². The fourth-order valence-electron chi connectivity index (χ4n) is 10.6. The molecule has 0 N–H and O–H groups in total. The van der Waals surface area contributed by atoms with Crippen molar-refractivity contribution < 1.29 is 0 Å². The highest BCUT2D eigenvalue weighted by Crippen LogP contribution is 2.45. The van der Waals surface area contributed by atoms with E-state index in [-0.39, 0.29) is 0 Å². The van der Waals surface area contributed by atoms with Crippen LogP contribution in [0.5, 0.6) is 0 Å². The highest BCUT2D eigenvalue weighted by atomic mass is 32.1. The van der Waals surface area contributed by atoms with Crippen molar-refractivity contribution in [3.05, 3.63) is 249 Å². The molecule has 0 aliphatic rings. The van der Waals surface area contributed by atoms with Crippen molar-refractivity contribution in [3.63, 3.8) is 0 Å². The Labute approximate surface area is 414 Å². The van der Waals surface area contributed by atoms with E-state index in [1.165, 1.54) is 57.9 Å². The second kappa shape index (κ2) is 16.8. The molecule has 71 heavy (non-hydrogen) atoms. The number of aromatic nitrogens is 3. The SMILES string of the molecule is c1ccc(-c2cc(-c3ccccc3)cc(-c3nc(-c4cc(-c5ccccc5)cc(-c5ccccc5)c4)nc(-c4ccc5c(c4)c4ccccc4c4cc6sc7ccc8ccccc8c7c6cc54)n3)c2)cc1. The summed E-state index contributed by atoms with van der Waals surface area (Å²) < 4.78 is 2.61. The molecule has 0 radical (unpaired) electrons. The van der Waals surface area contributed by atoms with E-state index in [1.807, 2.05) is 11.3 Å². The monoisotopic (exact) mass is 919 g/mol. The van der Waals surface area contributed by atoms with E-state index in [2.05, 4.69) is 249 Å². The first-order valence-corrected chi connectivity index (χ1v) is 24.9. The number of hydrogen-bond donors (Lipinski definition) is 0. The van der Waals surface area contributed by atoms with Crippen molar-refractivity contribution in [3.8, 4) is 78.7 Å². The van der Waals surface area contributed by atoms with Crippen molar-refractivity contribution >= 4 is 74.6 Å². The molecule has 14 aromatic rings. The molecule has 0 aliphatic carbocycles. The minimum Gasteiger partial charge on any atom is -0.208 e. The van der Waals surface area contributed by atoms with Gasteiger partial charge in [-0.1, -0.05) is 188 Å². The van der Waals surface area contributed by atoms with Gasteiger partial charge in [0.25, 0.3) is 0 Å². The Hall–Kier alpha value is -9.09. The Morgan fingerprint density at radius 2 is 0.606 bits per heavy atom. The maximum Gasteiger partial charge on any atom is 0.164 e. The summed E-state index contributed by atoms with van der Waals surface area (Å²) in [7, 11) is 0. The largest absolute Gasteiger partial charge is 0.208 e. The van der Waals surface area contributed by atoms with Crippen molar-refractivity contribution in [2.24, 2.45) is 0 Å². The number of rotatable bonds is 7. The van der Waals surface area contributed by atoms with Crippen molar-refractivity contribution in [2.75, 3.05) is 0 Å². The Morgan fingerprint density at radius 3 is 1.11 bits per heavy atom. The van der Waals surface area contributed by atoms with E-state index in [0.717, 1.165) is 66.6 Å². The van der Waals surface area contributed by atoms with E-state index in [1.54, 1.807) is 0 Å². The lowest BCUT2D eigenvalue weighted by molar-refractivity contribution is 1.07. The third-order valence-electron chi connectivity index (χ3n) is 14.0. The molecule has 2 heterocycles. The maximum atomic E-state index is 5.46. The molecule has 12 aromatic carbocycles. The summed E-state index contributed by atoms with van der Waals surface area (Å²) in [5.74, 6) is 1.82. The number of benzene rings is 12. The predicted molar refractivity (Wildman–Crippen MR) is 301 cm³/mol. The normalized spacial score (nSPS) is 11.7. The second-order valence-electron chi connectivity index (χ2n) is 18.3. The fraction of sp³-hybridized carbons (Fsp3) is 0. The smallest absolute Gasteiger partial charge is 0.164 e. The lowest BCUT2D eigenvalue weighted by Crippen LogP contribution is -2.01. The van der Waals surface area contributed by atoms with Gasteiger partial charge in [-0.2, -0.15) is 0 Å². The van der Waals surface area contributed by atoms with Gasteiger partial charge < -0.3 is 0 Å². The lowest BCUT2D eigenvalue weighted by atomic mass is 9.92. The van der Waals surface area contributed by atoms with Crippen molar-refractivity contribution in [1.29, 1.82) is 0 Å². The Bertz CT molecular complexity index is 4120. The molecule has 0 bridgehead atoms. The molecule has 0 saturated carbocycles. The summed E-state index contributed by atoms with van der Waals surface area (Å²) in [6.07, 6.45) is 0. The molecule has 14 rings (SSSR count). The van der Waals surface area contributed by atoms with Crippen LogP contribution in [0, 0.1) is 0 Å². The Kier molecular flexibility index (Phi) is 9.71. The van der Waals surface area contributed by atoms with Gasteiger partial charge >= 0.3 is 0 Å². The number of nitrogens with zero attached hydrogens (tertiary/aromatic N) is 3. The molecular weight excluding hydrogens is 879 g/mol. The van der Waals surface area contributed by atoms with Crippen LogP contribution < -0.4 is 0 Å². The lowest BCUT2D eigenvalue weighted by Gasteiger charge is -2.15. The molecule has 0 aliphatic heterocycles. The van der Waals surface area contributed by atoms with Crippen molar-refractivity contribution in [1.82, 2.24) is 15.0 Å². The minimum atomic E-state index is 0.605. The van der Waals surface area contributed by atoms with Crippen molar-refractivity contribution in [2.45, 2.75) is 0 Å². The van der Waals surface area contributed by atoms with Crippen LogP contribution in [0.2, 0.25) is 0 Å². The van der Waals surface area contributed by atoms with E-state index >= 15 is 0 Å². The first-order chi connectivity index (χ1) is 35.1. The molecule has 0 unspecified atom stereocenters. The summed E-state index contributed by atoms with van der Waals surface area (Å²) in [5, 5.41) is 12.4. The Balaban J connectivity index is 1.03. The molecule has 330 valence electrons. The van der Waals surface area contributed by atoms with Crippen LogP contribution >= 0.6 is 11.3 Å². The molecule has 4 heteroatoms. The first kappa shape index (κ1) is 40.9. The van der Waals surface area contributed by atoms with Crippen LogP contribution in [-0.4, -0.2) is 15.0 Å². The first-order valence-electron chi connectivity index (χ1n) is 24.1. The maximum absolute atomic E-state index is 5.46. The van der Waals surface area contributed by atoms with E-state index in [0.29, 0.717) is 17.5 Å². The second-order valence-corrected chi connectivity index (χ2v) is 19.4. The van der Waals surface area contributed by atoms with Crippen LogP contribution in [0.15, 0.2) is 249 Å². The summed E-state index contributed by atoms with van der Waals surface area (Å²) in [4.78, 5) is 16.4. The zero-order chi connectivity index (χ0) is 46.8. The van der Waals surface area contributed by atoms with Crippen LogP contribution in [0.3, 0.4) is 0 Å². The molecule has 2 aromatic heterocycles. The minimum absolute atomic E-state index is 0.605. The van der Waals surface area contributed by atoms with Crippen LogP contribution in [-0.2, 0) is 0 Å². The fourth-order valence-corrected chi connectivity index (χ4v) is 11.7. The van der Waals surface area contributed by atoms with Crippen LogP contribution in [0.25, 0.3) is 142 Å². The molecule has 0 amide bonds. The van der Waals surface area contributed by atoms with Gasteiger partial charge in [-0.3, -0.25) is 0 Å². The summed E-state index contributed by atoms with van der Waals surface area (Å²) >= 11 is 1.88. The van der Waals surface area contributed by atoms with Crippen LogP contribution in [0.4, 0.5) is 0 Å². The van der Waals surface area contributed by atoms with Gasteiger partial charge in [-0.05, 0) is 148 Å². The average molecular weight is 920 g/mol. The third-order valence-corrected chi connectivity index (χ3v) is 15.1. The standard InChI is InChI=1S/C67H41N3S/c1-5-17-42(18-6-1)48-33-49(43-19-7-2-8-20-43)36-52(35-48)66-68-65(69-67(70-66)53-37-50(44-21-9-3-10-22-44)34-51(38-53)45-23-11-4-12-24-45)47-29-31-57-58(39-47)55-27-15-16-28-56(55)60-41-63-61(40-59(57)60)64-54-26-14-13-25-46(54)30-32-62(64)71-63/h1-41H. The molecule has 0 atom stereocenters. The summed E-state index contributed by atoms with van der Waals surface area (Å²) in [5.41, 5.74) is 11.6. The molecular formula is C67H41N3S. The predicted octanol–water partition coefficient (Wildman–Crippen LogP) is 18.5. The van der Waals surface area contributed by atoms with Gasteiger partial charge in [0.05, 0.1) is 0 Å². The number of fused-ring (bicyclic) bond motifs is 11. The number of thiophene rings is 1. The van der Waals surface area contributed by atoms with Crippen LogP contribution in [0.1, 0.15) is 0 Å². The zero-order valence-corrected chi connectivity index (χ0v) is 39.2. The zero-order valence-electron chi connectivity index (χ0n) is 38.4. The highest BCUT2D eigenvalue weighted by molar-refractivity contribution is 7.26. The van der Waals surface area contributed by atoms with Gasteiger partial charge in [0.15, 0.2) is 17.5 Å². The van der Waals surface area contributed by atoms with E-state index in [9.17, 15) is 0 Å². The van der Waals surface area contributed by atoms with E-state index < -0.39 is 0 Å². The quantitative estimate of drug-likeness (QED) is 0.150. The average Bonchev–Trinajstić information content (AvgIpc) is 3.83. The summed E-state index contributed by atoms with van der Waals surface area (Å²) in [6, 6.07) is 89.5.